The number of pyridine rings is 1. The Bertz CT molecular complexity index is 945. The van der Waals surface area contributed by atoms with Crippen LogP contribution in [0.2, 0.25) is 5.02 Å². The van der Waals surface area contributed by atoms with E-state index in [1.807, 2.05) is 23.1 Å². The summed E-state index contributed by atoms with van der Waals surface area (Å²) in [5.74, 6) is -0.0469. The first-order valence-corrected chi connectivity index (χ1v) is 8.35. The second kappa shape index (κ2) is 5.35. The second-order valence-corrected chi connectivity index (χ2v) is 7.33. The highest BCUT2D eigenvalue weighted by Crippen LogP contribution is 2.31. The van der Waals surface area contributed by atoms with E-state index in [1.54, 1.807) is 16.8 Å². The van der Waals surface area contributed by atoms with E-state index in [2.05, 4.69) is 37.1 Å². The third kappa shape index (κ3) is 2.47. The minimum absolute atomic E-state index is 0.0469. The Labute approximate surface area is 145 Å². The van der Waals surface area contributed by atoms with Crippen LogP contribution < -0.4 is 0 Å². The van der Waals surface area contributed by atoms with Gasteiger partial charge < -0.3 is 4.90 Å². The molecule has 0 N–H and O–H groups in total. The molecule has 1 aliphatic heterocycles. The first kappa shape index (κ1) is 15.2. The largest absolute Gasteiger partial charge is 0.327 e. The van der Waals surface area contributed by atoms with Crippen molar-refractivity contribution < 1.29 is 4.79 Å². The molecule has 0 saturated carbocycles. The first-order chi connectivity index (χ1) is 11.4. The average Bonchev–Trinajstić information content (AvgIpc) is 2.95. The number of fused-ring (bicyclic) bond motifs is 2. The summed E-state index contributed by atoms with van der Waals surface area (Å²) in [6, 6.07) is 13.8. The Kier molecular flexibility index (Phi) is 3.39. The van der Waals surface area contributed by atoms with E-state index in [1.165, 1.54) is 11.1 Å². The number of halogens is 1. The first-order valence-electron chi connectivity index (χ1n) is 7.98. The number of hydrogen-bond acceptors (Lipinski definition) is 2. The van der Waals surface area contributed by atoms with Crippen LogP contribution in [0.5, 0.6) is 0 Å². The van der Waals surface area contributed by atoms with Crippen LogP contribution in [0.25, 0.3) is 5.52 Å². The van der Waals surface area contributed by atoms with E-state index in [0.29, 0.717) is 17.3 Å². The normalized spacial score (nSPS) is 16.2. The van der Waals surface area contributed by atoms with Crippen molar-refractivity contribution in [3.8, 4) is 0 Å². The van der Waals surface area contributed by atoms with Crippen molar-refractivity contribution in [1.29, 1.82) is 0 Å². The van der Waals surface area contributed by atoms with E-state index in [4.69, 9.17) is 11.6 Å². The molecule has 3 heterocycles. The molecule has 0 radical (unpaired) electrons. The minimum Gasteiger partial charge on any atom is -0.327 e. The number of nitrogens with zero attached hydrogens (tertiary/aromatic N) is 3. The van der Waals surface area contributed by atoms with Crippen molar-refractivity contribution in [3.63, 3.8) is 0 Å². The molecule has 0 atom stereocenters. The zero-order valence-corrected chi connectivity index (χ0v) is 14.4. The second-order valence-electron chi connectivity index (χ2n) is 6.90. The van der Waals surface area contributed by atoms with Gasteiger partial charge in [-0.3, -0.25) is 4.79 Å². The molecule has 3 aromatic rings. The monoisotopic (exact) mass is 339 g/mol. The Morgan fingerprint density at radius 3 is 2.71 bits per heavy atom. The predicted molar refractivity (Wildman–Crippen MR) is 94.3 cm³/mol. The molecule has 0 spiro atoms. The van der Waals surface area contributed by atoms with Gasteiger partial charge in [-0.25, -0.2) is 4.52 Å². The van der Waals surface area contributed by atoms with E-state index in [0.717, 1.165) is 11.9 Å². The number of carbonyl (C=O) groups excluding carboxylic acids is 1. The van der Waals surface area contributed by atoms with Crippen molar-refractivity contribution in [3.05, 3.63) is 70.5 Å². The van der Waals surface area contributed by atoms with Gasteiger partial charge in [0, 0.05) is 18.3 Å². The summed E-state index contributed by atoms with van der Waals surface area (Å²) in [6.07, 6.45) is 2.55. The highest BCUT2D eigenvalue weighted by atomic mass is 35.5. The molecule has 1 amide bonds. The van der Waals surface area contributed by atoms with Gasteiger partial charge in [-0.2, -0.15) is 5.10 Å². The van der Waals surface area contributed by atoms with Gasteiger partial charge in [0.25, 0.3) is 5.91 Å². The van der Waals surface area contributed by atoms with Crippen LogP contribution in [-0.4, -0.2) is 26.0 Å². The van der Waals surface area contributed by atoms with E-state index >= 15 is 0 Å². The molecule has 4 rings (SSSR count). The van der Waals surface area contributed by atoms with Crippen molar-refractivity contribution in [1.82, 2.24) is 14.5 Å². The van der Waals surface area contributed by atoms with Gasteiger partial charge in [0.15, 0.2) is 5.69 Å². The van der Waals surface area contributed by atoms with Crippen molar-refractivity contribution in [2.45, 2.75) is 32.4 Å². The van der Waals surface area contributed by atoms with Gasteiger partial charge >= 0.3 is 0 Å². The van der Waals surface area contributed by atoms with Crippen LogP contribution in [0, 0.1) is 0 Å². The Morgan fingerprint density at radius 1 is 1.17 bits per heavy atom. The molecular weight excluding hydrogens is 322 g/mol. The number of rotatable bonds is 1. The van der Waals surface area contributed by atoms with Crippen LogP contribution in [-0.2, 0) is 13.0 Å². The fraction of sp³-hybridized carbons (Fsp3) is 0.263. The molecule has 0 saturated heterocycles. The lowest BCUT2D eigenvalue weighted by molar-refractivity contribution is 0.0482. The molecule has 2 aromatic heterocycles. The third-order valence-electron chi connectivity index (χ3n) is 4.69. The van der Waals surface area contributed by atoms with Gasteiger partial charge in [-0.05, 0) is 49.6 Å². The molecule has 1 aliphatic rings. The fourth-order valence-corrected chi connectivity index (χ4v) is 3.54. The lowest BCUT2D eigenvalue weighted by atomic mass is 9.85. The minimum atomic E-state index is -0.251. The zero-order chi connectivity index (χ0) is 16.9. The van der Waals surface area contributed by atoms with Crippen LogP contribution in [0.4, 0.5) is 0 Å². The summed E-state index contributed by atoms with van der Waals surface area (Å²) < 4.78 is 1.65. The summed E-state index contributed by atoms with van der Waals surface area (Å²) in [5.41, 5.74) is 3.58. The summed E-state index contributed by atoms with van der Waals surface area (Å²) in [4.78, 5) is 15.0. The zero-order valence-electron chi connectivity index (χ0n) is 13.7. The van der Waals surface area contributed by atoms with E-state index < -0.39 is 0 Å². The summed E-state index contributed by atoms with van der Waals surface area (Å²) in [6.45, 7) is 4.82. The SMILES string of the molecule is CC1(C)Cc2ccccc2CN1C(=O)c1cc2ccc(Cl)cn2n1. The topological polar surface area (TPSA) is 37.6 Å². The molecule has 122 valence electrons. The molecule has 4 nitrogen and oxygen atoms in total. The number of amides is 1. The number of benzene rings is 1. The van der Waals surface area contributed by atoms with E-state index in [-0.39, 0.29) is 11.4 Å². The molecular formula is C19H18ClN3O. The van der Waals surface area contributed by atoms with Crippen LogP contribution in [0.1, 0.15) is 35.5 Å². The van der Waals surface area contributed by atoms with Crippen LogP contribution >= 0.6 is 11.6 Å². The molecule has 1 aromatic carbocycles. The van der Waals surface area contributed by atoms with E-state index in [9.17, 15) is 4.79 Å². The Morgan fingerprint density at radius 2 is 1.92 bits per heavy atom. The predicted octanol–water partition coefficient (Wildman–Crippen LogP) is 3.96. The lowest BCUT2D eigenvalue weighted by Crippen LogP contribution is -2.51. The standard InChI is InChI=1S/C19H18ClN3O/c1-19(2)10-13-5-3-4-6-14(13)11-22(19)18(24)17-9-16-8-7-15(20)12-23(16)21-17/h3-9,12H,10-11H2,1-2H3. The molecule has 0 aliphatic carbocycles. The lowest BCUT2D eigenvalue weighted by Gasteiger charge is -2.43. The van der Waals surface area contributed by atoms with Gasteiger partial charge in [-0.15, -0.1) is 0 Å². The number of aromatic nitrogens is 2. The molecule has 0 unspecified atom stereocenters. The average molecular weight is 340 g/mol. The highest BCUT2D eigenvalue weighted by molar-refractivity contribution is 6.30. The summed E-state index contributed by atoms with van der Waals surface area (Å²) >= 11 is 6.00. The van der Waals surface area contributed by atoms with Crippen molar-refractivity contribution in [2.75, 3.05) is 0 Å². The van der Waals surface area contributed by atoms with Gasteiger partial charge in [0.2, 0.25) is 0 Å². The Balaban J connectivity index is 1.72. The van der Waals surface area contributed by atoms with Crippen LogP contribution in [0.15, 0.2) is 48.7 Å². The Hall–Kier alpha value is -2.33. The molecule has 0 fully saturated rings. The third-order valence-corrected chi connectivity index (χ3v) is 4.91. The summed E-state index contributed by atoms with van der Waals surface area (Å²) in [7, 11) is 0. The van der Waals surface area contributed by atoms with Crippen molar-refractivity contribution in [2.24, 2.45) is 0 Å². The molecule has 24 heavy (non-hydrogen) atoms. The number of carbonyl (C=O) groups is 1. The van der Waals surface area contributed by atoms with Gasteiger partial charge in [-0.1, -0.05) is 35.9 Å². The van der Waals surface area contributed by atoms with Crippen LogP contribution in [0.3, 0.4) is 0 Å². The molecule has 5 heteroatoms. The maximum atomic E-state index is 13.1. The maximum Gasteiger partial charge on any atom is 0.275 e. The highest BCUT2D eigenvalue weighted by Gasteiger charge is 2.37. The molecule has 0 bridgehead atoms. The quantitative estimate of drug-likeness (QED) is 0.673. The van der Waals surface area contributed by atoms with Crippen molar-refractivity contribution >= 4 is 23.0 Å². The summed E-state index contributed by atoms with van der Waals surface area (Å²) in [5, 5.41) is 5.01. The fourth-order valence-electron chi connectivity index (χ4n) is 3.38. The van der Waals surface area contributed by atoms with Gasteiger partial charge in [0.05, 0.1) is 10.5 Å². The maximum absolute atomic E-state index is 13.1. The smallest absolute Gasteiger partial charge is 0.275 e. The number of hydrogen-bond donors (Lipinski definition) is 0. The van der Waals surface area contributed by atoms with Gasteiger partial charge in [0.1, 0.15) is 0 Å².